The van der Waals surface area contributed by atoms with Crippen LogP contribution in [0.15, 0.2) is 6.20 Å². The molecule has 0 aliphatic carbocycles. The van der Waals surface area contributed by atoms with Crippen molar-refractivity contribution in [2.45, 2.75) is 0 Å². The first-order valence-electron chi connectivity index (χ1n) is 3.77. The quantitative estimate of drug-likeness (QED) is 0.446. The molecule has 0 saturated carbocycles. The van der Waals surface area contributed by atoms with Crippen LogP contribution in [0.2, 0.25) is 0 Å². The lowest BCUT2D eigenvalue weighted by atomic mass is 10.5. The maximum atomic E-state index is 10.8. The first-order chi connectivity index (χ1) is 6.65. The number of hydrogen-bond donors (Lipinski definition) is 3. The highest BCUT2D eigenvalue weighted by atomic mass is 16.6. The molecule has 0 atom stereocenters. The Bertz CT molecular complexity index is 347. The van der Waals surface area contributed by atoms with Crippen molar-refractivity contribution in [3.05, 3.63) is 16.3 Å². The van der Waals surface area contributed by atoms with E-state index in [1.807, 2.05) is 0 Å². The van der Waals surface area contributed by atoms with Crippen LogP contribution in [0.25, 0.3) is 0 Å². The average Bonchev–Trinajstić information content (AvgIpc) is 2.62. The van der Waals surface area contributed by atoms with Gasteiger partial charge in [0.2, 0.25) is 5.91 Å². The summed E-state index contributed by atoms with van der Waals surface area (Å²) < 4.78 is 0. The van der Waals surface area contributed by atoms with E-state index >= 15 is 0 Å². The Balaban J connectivity index is 2.63. The highest BCUT2D eigenvalue weighted by molar-refractivity contribution is 5.80. The van der Waals surface area contributed by atoms with E-state index in [-0.39, 0.29) is 24.0 Å². The summed E-state index contributed by atoms with van der Waals surface area (Å²) in [5.41, 5.74) is 0.193. The molecule has 14 heavy (non-hydrogen) atoms. The van der Waals surface area contributed by atoms with Gasteiger partial charge in [-0.2, -0.15) is 0 Å². The van der Waals surface area contributed by atoms with Crippen LogP contribution in [0.3, 0.4) is 0 Å². The summed E-state index contributed by atoms with van der Waals surface area (Å²) in [7, 11) is 1.48. The zero-order valence-electron chi connectivity index (χ0n) is 7.40. The van der Waals surface area contributed by atoms with E-state index in [0.717, 1.165) is 0 Å². The SMILES string of the molecule is CNC(=O)CNc1cn[nH]c1[N+](=O)[O-]. The van der Waals surface area contributed by atoms with Crippen LogP contribution in [0.5, 0.6) is 0 Å². The van der Waals surface area contributed by atoms with Gasteiger partial charge < -0.3 is 20.7 Å². The van der Waals surface area contributed by atoms with Gasteiger partial charge in [0.05, 0.1) is 6.54 Å². The smallest absolute Gasteiger partial charge is 0.366 e. The molecule has 0 bridgehead atoms. The monoisotopic (exact) mass is 199 g/mol. The van der Waals surface area contributed by atoms with Crippen LogP contribution >= 0.6 is 0 Å². The van der Waals surface area contributed by atoms with Gasteiger partial charge in [0, 0.05) is 7.05 Å². The highest BCUT2D eigenvalue weighted by Crippen LogP contribution is 2.18. The van der Waals surface area contributed by atoms with Gasteiger partial charge in [-0.25, -0.2) is 0 Å². The average molecular weight is 199 g/mol. The van der Waals surface area contributed by atoms with E-state index in [9.17, 15) is 14.9 Å². The van der Waals surface area contributed by atoms with Crippen LogP contribution < -0.4 is 10.6 Å². The second-order valence-corrected chi connectivity index (χ2v) is 2.42. The maximum Gasteiger partial charge on any atom is 0.366 e. The summed E-state index contributed by atoms with van der Waals surface area (Å²) in [4.78, 5) is 20.6. The van der Waals surface area contributed by atoms with Crippen molar-refractivity contribution < 1.29 is 9.72 Å². The number of carbonyl (C=O) groups is 1. The zero-order valence-corrected chi connectivity index (χ0v) is 7.40. The van der Waals surface area contributed by atoms with Gasteiger partial charge in [-0.15, -0.1) is 5.10 Å². The third kappa shape index (κ3) is 2.19. The van der Waals surface area contributed by atoms with Gasteiger partial charge in [0.1, 0.15) is 6.20 Å². The molecule has 0 radical (unpaired) electrons. The molecule has 8 nitrogen and oxygen atoms in total. The van der Waals surface area contributed by atoms with Crippen molar-refractivity contribution in [2.75, 3.05) is 18.9 Å². The number of nitrogens with one attached hydrogen (secondary N) is 3. The van der Waals surface area contributed by atoms with Crippen molar-refractivity contribution in [3.8, 4) is 0 Å². The predicted octanol–water partition coefficient (Wildman–Crippen LogP) is -0.524. The molecule has 76 valence electrons. The first kappa shape index (κ1) is 9.96. The third-order valence-electron chi connectivity index (χ3n) is 1.52. The Labute approximate surface area is 78.8 Å². The fourth-order valence-electron chi connectivity index (χ4n) is 0.812. The van der Waals surface area contributed by atoms with Crippen molar-refractivity contribution in [2.24, 2.45) is 0 Å². The van der Waals surface area contributed by atoms with E-state index in [0.29, 0.717) is 0 Å². The minimum Gasteiger partial charge on any atom is -0.368 e. The summed E-state index contributed by atoms with van der Waals surface area (Å²) in [6.07, 6.45) is 1.25. The van der Waals surface area contributed by atoms with Crippen molar-refractivity contribution in [1.82, 2.24) is 15.5 Å². The van der Waals surface area contributed by atoms with Crippen LogP contribution in [-0.4, -0.2) is 34.6 Å². The molecule has 0 spiro atoms. The van der Waals surface area contributed by atoms with Gasteiger partial charge in [0.15, 0.2) is 5.69 Å². The number of amides is 1. The molecule has 3 N–H and O–H groups in total. The Kier molecular flexibility index (Phi) is 3.00. The second-order valence-electron chi connectivity index (χ2n) is 2.42. The number of rotatable bonds is 4. The van der Waals surface area contributed by atoms with Crippen LogP contribution in [0, 0.1) is 10.1 Å². The normalized spacial score (nSPS) is 9.50. The van der Waals surface area contributed by atoms with E-state index < -0.39 is 4.92 Å². The molecule has 0 saturated heterocycles. The van der Waals surface area contributed by atoms with Gasteiger partial charge in [-0.1, -0.05) is 5.10 Å². The molecule has 1 rings (SSSR count). The Morgan fingerprint density at radius 2 is 2.50 bits per heavy atom. The zero-order chi connectivity index (χ0) is 10.6. The minimum atomic E-state index is -0.612. The summed E-state index contributed by atoms with van der Waals surface area (Å²) in [6, 6.07) is 0. The summed E-state index contributed by atoms with van der Waals surface area (Å²) >= 11 is 0. The second kappa shape index (κ2) is 4.21. The molecule has 0 aliphatic rings. The molecule has 1 amide bonds. The Morgan fingerprint density at radius 1 is 1.79 bits per heavy atom. The molecule has 0 unspecified atom stereocenters. The standard InChI is InChI=1S/C6H9N5O3/c1-7-5(12)3-8-4-2-9-10-6(4)11(13)14/h2,8H,3H2,1H3,(H,7,12)(H,9,10). The Hall–Kier alpha value is -2.12. The van der Waals surface area contributed by atoms with E-state index in [1.54, 1.807) is 0 Å². The lowest BCUT2D eigenvalue weighted by Gasteiger charge is -2.01. The number of anilines is 1. The lowest BCUT2D eigenvalue weighted by molar-refractivity contribution is -0.388. The fourth-order valence-corrected chi connectivity index (χ4v) is 0.812. The van der Waals surface area contributed by atoms with E-state index in [4.69, 9.17) is 0 Å². The van der Waals surface area contributed by atoms with Crippen molar-refractivity contribution in [3.63, 3.8) is 0 Å². The number of aromatic nitrogens is 2. The molecule has 1 aromatic rings. The lowest BCUT2D eigenvalue weighted by Crippen LogP contribution is -2.26. The molecular formula is C6H9N5O3. The number of nitro groups is 1. The maximum absolute atomic E-state index is 10.8. The highest BCUT2D eigenvalue weighted by Gasteiger charge is 2.14. The Morgan fingerprint density at radius 3 is 3.07 bits per heavy atom. The fraction of sp³-hybridized carbons (Fsp3) is 0.333. The minimum absolute atomic E-state index is 0.0309. The number of nitrogens with zero attached hydrogens (tertiary/aromatic N) is 2. The summed E-state index contributed by atoms with van der Waals surface area (Å²) in [5.74, 6) is -0.519. The van der Waals surface area contributed by atoms with Crippen LogP contribution in [0.1, 0.15) is 0 Å². The van der Waals surface area contributed by atoms with Crippen LogP contribution in [0.4, 0.5) is 11.5 Å². The number of H-pyrrole nitrogens is 1. The largest absolute Gasteiger partial charge is 0.368 e. The molecule has 0 aliphatic heterocycles. The number of carbonyl (C=O) groups excluding carboxylic acids is 1. The number of aromatic amines is 1. The molecule has 1 aromatic heterocycles. The van der Waals surface area contributed by atoms with Crippen molar-refractivity contribution >= 4 is 17.4 Å². The summed E-state index contributed by atoms with van der Waals surface area (Å²) in [6.45, 7) is -0.0309. The molecule has 0 fully saturated rings. The molecule has 1 heterocycles. The molecule has 0 aromatic carbocycles. The van der Waals surface area contributed by atoms with E-state index in [1.165, 1.54) is 13.2 Å². The van der Waals surface area contributed by atoms with E-state index in [2.05, 4.69) is 20.8 Å². The topological polar surface area (TPSA) is 113 Å². The van der Waals surface area contributed by atoms with Gasteiger partial charge >= 0.3 is 5.82 Å². The van der Waals surface area contributed by atoms with Gasteiger partial charge in [-0.3, -0.25) is 4.79 Å². The van der Waals surface area contributed by atoms with Gasteiger partial charge in [-0.05, 0) is 4.92 Å². The van der Waals surface area contributed by atoms with Gasteiger partial charge in [0.25, 0.3) is 0 Å². The number of hydrogen-bond acceptors (Lipinski definition) is 5. The number of likely N-dealkylation sites (N-methyl/N-ethyl adjacent to an activating group) is 1. The summed E-state index contributed by atoms with van der Waals surface area (Å²) in [5, 5.41) is 21.0. The van der Waals surface area contributed by atoms with Crippen LogP contribution in [-0.2, 0) is 4.79 Å². The van der Waals surface area contributed by atoms with Crippen molar-refractivity contribution in [1.29, 1.82) is 0 Å². The predicted molar refractivity (Wildman–Crippen MR) is 47.8 cm³/mol. The first-order valence-corrected chi connectivity index (χ1v) is 3.77. The molecule has 8 heteroatoms. The third-order valence-corrected chi connectivity index (χ3v) is 1.52. The molecular weight excluding hydrogens is 190 g/mol.